The summed E-state index contributed by atoms with van der Waals surface area (Å²) in [5.74, 6) is 0.342. The van der Waals surface area contributed by atoms with E-state index in [9.17, 15) is 4.79 Å². The van der Waals surface area contributed by atoms with Crippen LogP contribution in [0.25, 0.3) is 0 Å². The number of aromatic nitrogens is 2. The highest BCUT2D eigenvalue weighted by Crippen LogP contribution is 2.32. The molecular formula is C20H17ClN4O. The summed E-state index contributed by atoms with van der Waals surface area (Å²) in [7, 11) is 0. The van der Waals surface area contributed by atoms with Crippen LogP contribution >= 0.6 is 11.6 Å². The smallest absolute Gasteiger partial charge is 0.258 e. The number of hydrogen-bond donors (Lipinski definition) is 1. The zero-order valence-corrected chi connectivity index (χ0v) is 15.0. The zero-order chi connectivity index (χ0) is 18.1. The van der Waals surface area contributed by atoms with Gasteiger partial charge in [-0.15, -0.1) is 0 Å². The largest absolute Gasteiger partial charge is 0.322 e. The van der Waals surface area contributed by atoms with E-state index in [1.807, 2.05) is 25.1 Å². The number of amides is 1. The number of carbonyl (C=O) groups excluding carboxylic acids is 1. The van der Waals surface area contributed by atoms with Crippen molar-refractivity contribution in [1.29, 1.82) is 0 Å². The fourth-order valence-corrected chi connectivity index (χ4v) is 3.22. The van der Waals surface area contributed by atoms with Gasteiger partial charge in [-0.05, 0) is 42.7 Å². The van der Waals surface area contributed by atoms with E-state index in [0.29, 0.717) is 22.2 Å². The molecule has 2 heterocycles. The van der Waals surface area contributed by atoms with Gasteiger partial charge in [0.25, 0.3) is 5.91 Å². The maximum Gasteiger partial charge on any atom is 0.258 e. The van der Waals surface area contributed by atoms with Gasteiger partial charge in [0.15, 0.2) is 0 Å². The molecule has 3 aromatic rings. The van der Waals surface area contributed by atoms with Gasteiger partial charge in [-0.3, -0.25) is 4.79 Å². The van der Waals surface area contributed by atoms with Crippen LogP contribution in [-0.2, 0) is 6.42 Å². The van der Waals surface area contributed by atoms with Gasteiger partial charge >= 0.3 is 0 Å². The first-order valence-corrected chi connectivity index (χ1v) is 8.74. The summed E-state index contributed by atoms with van der Waals surface area (Å²) in [4.78, 5) is 23.3. The molecule has 1 amide bonds. The molecule has 5 nitrogen and oxygen atoms in total. The summed E-state index contributed by atoms with van der Waals surface area (Å²) in [5.41, 5.74) is 4.43. The van der Waals surface area contributed by atoms with Crippen molar-refractivity contribution in [2.24, 2.45) is 0 Å². The third kappa shape index (κ3) is 3.13. The summed E-state index contributed by atoms with van der Waals surface area (Å²) in [5, 5.41) is 3.43. The molecule has 0 fully saturated rings. The van der Waals surface area contributed by atoms with E-state index in [4.69, 9.17) is 11.6 Å². The third-order valence-corrected chi connectivity index (χ3v) is 4.71. The molecule has 0 aliphatic carbocycles. The Kier molecular flexibility index (Phi) is 4.31. The lowest BCUT2D eigenvalue weighted by molar-refractivity contribution is 0.102. The number of halogens is 1. The highest BCUT2D eigenvalue weighted by molar-refractivity contribution is 6.31. The van der Waals surface area contributed by atoms with Gasteiger partial charge in [0.2, 0.25) is 5.95 Å². The Hall–Kier alpha value is -2.92. The van der Waals surface area contributed by atoms with Gasteiger partial charge in [0.1, 0.15) is 0 Å². The lowest BCUT2D eigenvalue weighted by Crippen LogP contribution is -2.18. The normalized spacial score (nSPS) is 12.8. The van der Waals surface area contributed by atoms with Crippen LogP contribution in [0.2, 0.25) is 5.02 Å². The molecule has 1 aliphatic rings. The number of carbonyl (C=O) groups is 1. The molecule has 0 unspecified atom stereocenters. The second kappa shape index (κ2) is 6.77. The zero-order valence-electron chi connectivity index (χ0n) is 14.2. The summed E-state index contributed by atoms with van der Waals surface area (Å²) >= 11 is 6.00. The molecule has 0 saturated heterocycles. The van der Waals surface area contributed by atoms with Gasteiger partial charge < -0.3 is 10.2 Å². The SMILES string of the molecule is Cc1ccc(Cl)cc1NC(=O)c1cnc(N2CCc3ccccc32)nc1. The van der Waals surface area contributed by atoms with Crippen molar-refractivity contribution in [1.82, 2.24) is 9.97 Å². The molecule has 0 radical (unpaired) electrons. The van der Waals surface area contributed by atoms with Crippen molar-refractivity contribution in [2.45, 2.75) is 13.3 Å². The van der Waals surface area contributed by atoms with Crippen LogP contribution in [0.5, 0.6) is 0 Å². The van der Waals surface area contributed by atoms with E-state index in [1.165, 1.54) is 5.56 Å². The number of fused-ring (bicyclic) bond motifs is 1. The fraction of sp³-hybridized carbons (Fsp3) is 0.150. The van der Waals surface area contributed by atoms with E-state index in [-0.39, 0.29) is 5.91 Å². The van der Waals surface area contributed by atoms with E-state index in [1.54, 1.807) is 24.5 Å². The predicted molar refractivity (Wildman–Crippen MR) is 103 cm³/mol. The van der Waals surface area contributed by atoms with Crippen LogP contribution in [-0.4, -0.2) is 22.4 Å². The number of anilines is 3. The topological polar surface area (TPSA) is 58.1 Å². The standard InChI is InChI=1S/C20H17ClN4O/c1-13-6-7-16(21)10-17(13)24-19(26)15-11-22-20(23-12-15)25-9-8-14-4-2-3-5-18(14)25/h2-7,10-12H,8-9H2,1H3,(H,24,26). The number of benzene rings is 2. The molecule has 130 valence electrons. The number of nitrogens with zero attached hydrogens (tertiary/aromatic N) is 3. The molecule has 1 aromatic heterocycles. The minimum absolute atomic E-state index is 0.260. The van der Waals surface area contributed by atoms with E-state index in [2.05, 4.69) is 32.3 Å². The summed E-state index contributed by atoms with van der Waals surface area (Å²) in [6.45, 7) is 2.75. The summed E-state index contributed by atoms with van der Waals surface area (Å²) in [6.07, 6.45) is 4.08. The molecular weight excluding hydrogens is 348 g/mol. The molecule has 0 atom stereocenters. The lowest BCUT2D eigenvalue weighted by Gasteiger charge is -2.17. The van der Waals surface area contributed by atoms with Crippen LogP contribution in [0.4, 0.5) is 17.3 Å². The summed E-state index contributed by atoms with van der Waals surface area (Å²) < 4.78 is 0. The predicted octanol–water partition coefficient (Wildman–Crippen LogP) is 4.38. The first-order chi connectivity index (χ1) is 12.6. The molecule has 4 rings (SSSR count). The van der Waals surface area contributed by atoms with Crippen LogP contribution < -0.4 is 10.2 Å². The van der Waals surface area contributed by atoms with Crippen molar-refractivity contribution in [3.05, 3.63) is 76.6 Å². The van der Waals surface area contributed by atoms with Crippen molar-refractivity contribution in [3.63, 3.8) is 0 Å². The average molecular weight is 365 g/mol. The molecule has 2 aromatic carbocycles. The monoisotopic (exact) mass is 364 g/mol. The number of hydrogen-bond acceptors (Lipinski definition) is 4. The molecule has 1 aliphatic heterocycles. The Morgan fingerprint density at radius 1 is 1.15 bits per heavy atom. The Morgan fingerprint density at radius 3 is 2.73 bits per heavy atom. The van der Waals surface area contributed by atoms with Gasteiger partial charge in [0, 0.05) is 35.3 Å². The van der Waals surface area contributed by atoms with Gasteiger partial charge in [-0.1, -0.05) is 35.9 Å². The van der Waals surface area contributed by atoms with Crippen molar-refractivity contribution in [2.75, 3.05) is 16.8 Å². The molecule has 1 N–H and O–H groups in total. The Balaban J connectivity index is 1.53. The van der Waals surface area contributed by atoms with Crippen molar-refractivity contribution >= 4 is 34.8 Å². The first-order valence-electron chi connectivity index (χ1n) is 8.37. The van der Waals surface area contributed by atoms with E-state index < -0.39 is 0 Å². The highest BCUT2D eigenvalue weighted by atomic mass is 35.5. The van der Waals surface area contributed by atoms with Crippen molar-refractivity contribution in [3.8, 4) is 0 Å². The summed E-state index contributed by atoms with van der Waals surface area (Å²) in [6, 6.07) is 13.6. The van der Waals surface area contributed by atoms with E-state index >= 15 is 0 Å². The van der Waals surface area contributed by atoms with E-state index in [0.717, 1.165) is 24.2 Å². The third-order valence-electron chi connectivity index (χ3n) is 4.48. The fourth-order valence-electron chi connectivity index (χ4n) is 3.05. The van der Waals surface area contributed by atoms with Gasteiger partial charge in [-0.25, -0.2) is 9.97 Å². The van der Waals surface area contributed by atoms with Gasteiger partial charge in [0.05, 0.1) is 5.56 Å². The van der Waals surface area contributed by atoms with Crippen LogP contribution in [0.1, 0.15) is 21.5 Å². The number of aryl methyl sites for hydroxylation is 1. The molecule has 26 heavy (non-hydrogen) atoms. The Morgan fingerprint density at radius 2 is 1.92 bits per heavy atom. The Bertz CT molecular complexity index is 972. The second-order valence-corrected chi connectivity index (χ2v) is 6.65. The molecule has 0 spiro atoms. The second-order valence-electron chi connectivity index (χ2n) is 6.22. The minimum Gasteiger partial charge on any atom is -0.322 e. The van der Waals surface area contributed by atoms with Crippen LogP contribution in [0.15, 0.2) is 54.9 Å². The minimum atomic E-state index is -0.260. The quantitative estimate of drug-likeness (QED) is 0.749. The number of nitrogens with one attached hydrogen (secondary N) is 1. The Labute approximate surface area is 156 Å². The lowest BCUT2D eigenvalue weighted by atomic mass is 10.2. The molecule has 0 bridgehead atoms. The maximum absolute atomic E-state index is 12.5. The maximum atomic E-state index is 12.5. The first kappa shape index (κ1) is 16.5. The molecule has 0 saturated carbocycles. The van der Waals surface area contributed by atoms with Crippen molar-refractivity contribution < 1.29 is 4.79 Å². The molecule has 6 heteroatoms. The number of rotatable bonds is 3. The average Bonchev–Trinajstić information content (AvgIpc) is 3.09. The highest BCUT2D eigenvalue weighted by Gasteiger charge is 2.22. The van der Waals surface area contributed by atoms with Crippen LogP contribution in [0.3, 0.4) is 0 Å². The number of para-hydroxylation sites is 1. The van der Waals surface area contributed by atoms with Gasteiger partial charge in [-0.2, -0.15) is 0 Å². The van der Waals surface area contributed by atoms with Crippen LogP contribution in [0, 0.1) is 6.92 Å².